The van der Waals surface area contributed by atoms with E-state index in [9.17, 15) is 0 Å². The van der Waals surface area contributed by atoms with Gasteiger partial charge in [0.05, 0.1) is 6.61 Å². The topological polar surface area (TPSA) is 66.0 Å². The van der Waals surface area contributed by atoms with Crippen molar-refractivity contribution in [3.8, 4) is 11.4 Å². The molecule has 2 aromatic rings. The van der Waals surface area contributed by atoms with Crippen LogP contribution in [0.1, 0.15) is 5.82 Å². The van der Waals surface area contributed by atoms with Crippen LogP contribution in [0.25, 0.3) is 11.4 Å². The predicted molar refractivity (Wildman–Crippen MR) is 74.0 cm³/mol. The molecule has 2 heterocycles. The van der Waals surface area contributed by atoms with Crippen LogP contribution in [-0.2, 0) is 17.9 Å². The van der Waals surface area contributed by atoms with E-state index in [1.807, 2.05) is 24.3 Å². The van der Waals surface area contributed by atoms with E-state index in [4.69, 9.17) is 10.5 Å². The molecule has 0 radical (unpaired) electrons. The zero-order valence-corrected chi connectivity index (χ0v) is 11.2. The standard InChI is InChI=1S/C11H12N4O.2ClH/c12-9-3-1-8(2-4-9)11-14-13-10-7-16-6-5-15(10)11;;/h1-4H,5-7,12H2;2*1H. The van der Waals surface area contributed by atoms with Gasteiger partial charge in [-0.15, -0.1) is 35.0 Å². The lowest BCUT2D eigenvalue weighted by Gasteiger charge is -2.15. The van der Waals surface area contributed by atoms with Crippen LogP contribution >= 0.6 is 24.8 Å². The minimum Gasteiger partial charge on any atom is -0.399 e. The van der Waals surface area contributed by atoms with E-state index in [1.54, 1.807) is 0 Å². The van der Waals surface area contributed by atoms with Gasteiger partial charge in [-0.1, -0.05) is 0 Å². The molecule has 0 spiro atoms. The molecule has 0 fully saturated rings. The van der Waals surface area contributed by atoms with Crippen molar-refractivity contribution < 1.29 is 4.74 Å². The van der Waals surface area contributed by atoms with Crippen molar-refractivity contribution in [3.05, 3.63) is 30.1 Å². The van der Waals surface area contributed by atoms with E-state index in [2.05, 4.69) is 14.8 Å². The number of nitrogens with zero attached hydrogens (tertiary/aromatic N) is 3. The van der Waals surface area contributed by atoms with Crippen LogP contribution in [0.2, 0.25) is 0 Å². The van der Waals surface area contributed by atoms with Gasteiger partial charge >= 0.3 is 0 Å². The molecule has 0 unspecified atom stereocenters. The quantitative estimate of drug-likeness (QED) is 0.814. The summed E-state index contributed by atoms with van der Waals surface area (Å²) in [6.45, 7) is 2.07. The van der Waals surface area contributed by atoms with Crippen LogP contribution in [-0.4, -0.2) is 21.4 Å². The van der Waals surface area contributed by atoms with Gasteiger partial charge in [0.2, 0.25) is 0 Å². The fourth-order valence-corrected chi connectivity index (χ4v) is 1.84. The molecule has 1 aromatic carbocycles. The van der Waals surface area contributed by atoms with Gasteiger partial charge in [0, 0.05) is 17.8 Å². The molecule has 1 aliphatic heterocycles. The first-order valence-corrected chi connectivity index (χ1v) is 5.20. The Morgan fingerprint density at radius 2 is 1.83 bits per heavy atom. The van der Waals surface area contributed by atoms with Crippen molar-refractivity contribution in [2.45, 2.75) is 13.2 Å². The third kappa shape index (κ3) is 2.58. The predicted octanol–water partition coefficient (Wildman–Crippen LogP) is 1.90. The molecule has 0 saturated heterocycles. The van der Waals surface area contributed by atoms with Gasteiger partial charge in [-0.25, -0.2) is 0 Å². The number of halogens is 2. The zero-order chi connectivity index (χ0) is 11.0. The molecule has 2 N–H and O–H groups in total. The van der Waals surface area contributed by atoms with Gasteiger partial charge in [-0.2, -0.15) is 0 Å². The molecule has 0 amide bonds. The molecular formula is C11H14Cl2N4O. The third-order valence-electron chi connectivity index (χ3n) is 2.69. The van der Waals surface area contributed by atoms with Crippen molar-refractivity contribution >= 4 is 30.5 Å². The molecule has 98 valence electrons. The van der Waals surface area contributed by atoms with Gasteiger partial charge in [-0.05, 0) is 24.3 Å². The second-order valence-corrected chi connectivity index (χ2v) is 3.77. The van der Waals surface area contributed by atoms with E-state index < -0.39 is 0 Å². The summed E-state index contributed by atoms with van der Waals surface area (Å²) in [5.41, 5.74) is 7.45. The van der Waals surface area contributed by atoms with E-state index >= 15 is 0 Å². The summed E-state index contributed by atoms with van der Waals surface area (Å²) in [6, 6.07) is 7.66. The van der Waals surface area contributed by atoms with E-state index in [0.717, 1.165) is 29.4 Å². The molecule has 3 rings (SSSR count). The summed E-state index contributed by atoms with van der Waals surface area (Å²) < 4.78 is 7.41. The van der Waals surface area contributed by atoms with Crippen molar-refractivity contribution in [2.24, 2.45) is 0 Å². The summed E-state index contributed by atoms with van der Waals surface area (Å²) in [4.78, 5) is 0. The van der Waals surface area contributed by atoms with Crippen molar-refractivity contribution in [2.75, 3.05) is 12.3 Å². The lowest BCUT2D eigenvalue weighted by atomic mass is 10.2. The van der Waals surface area contributed by atoms with Crippen LogP contribution in [0.4, 0.5) is 5.69 Å². The monoisotopic (exact) mass is 288 g/mol. The normalized spacial score (nSPS) is 13.1. The van der Waals surface area contributed by atoms with E-state index in [-0.39, 0.29) is 24.8 Å². The SMILES string of the molecule is Cl.Cl.Nc1ccc(-c2nnc3n2CCOC3)cc1. The summed E-state index contributed by atoms with van der Waals surface area (Å²) in [6.07, 6.45) is 0. The number of hydrogen-bond acceptors (Lipinski definition) is 4. The first kappa shape index (κ1) is 14.8. The molecule has 0 bridgehead atoms. The highest BCUT2D eigenvalue weighted by Crippen LogP contribution is 2.21. The number of nitrogen functional groups attached to an aromatic ring is 1. The minimum absolute atomic E-state index is 0. The lowest BCUT2D eigenvalue weighted by molar-refractivity contribution is 0.0821. The third-order valence-corrected chi connectivity index (χ3v) is 2.69. The highest BCUT2D eigenvalue weighted by Gasteiger charge is 2.16. The van der Waals surface area contributed by atoms with Crippen molar-refractivity contribution in [1.29, 1.82) is 0 Å². The Morgan fingerprint density at radius 3 is 2.56 bits per heavy atom. The first-order chi connectivity index (χ1) is 7.84. The van der Waals surface area contributed by atoms with Gasteiger partial charge in [0.15, 0.2) is 11.6 Å². The Morgan fingerprint density at radius 1 is 1.11 bits per heavy atom. The maximum atomic E-state index is 5.66. The van der Waals surface area contributed by atoms with Crippen molar-refractivity contribution in [3.63, 3.8) is 0 Å². The van der Waals surface area contributed by atoms with Crippen LogP contribution in [0, 0.1) is 0 Å². The number of rotatable bonds is 1. The Labute approximate surface area is 117 Å². The van der Waals surface area contributed by atoms with E-state index in [1.165, 1.54) is 0 Å². The van der Waals surface area contributed by atoms with Gasteiger partial charge in [0.25, 0.3) is 0 Å². The fraction of sp³-hybridized carbons (Fsp3) is 0.273. The largest absolute Gasteiger partial charge is 0.399 e. The average Bonchev–Trinajstić information content (AvgIpc) is 2.74. The van der Waals surface area contributed by atoms with Crippen LogP contribution < -0.4 is 5.73 Å². The zero-order valence-electron chi connectivity index (χ0n) is 9.57. The average molecular weight is 289 g/mol. The highest BCUT2D eigenvalue weighted by molar-refractivity contribution is 5.85. The molecule has 5 nitrogen and oxygen atoms in total. The van der Waals surface area contributed by atoms with Crippen molar-refractivity contribution in [1.82, 2.24) is 14.8 Å². The number of ether oxygens (including phenoxy) is 1. The maximum Gasteiger partial charge on any atom is 0.164 e. The molecule has 7 heteroatoms. The number of nitrogens with two attached hydrogens (primary N) is 1. The Hall–Kier alpha value is -1.30. The minimum atomic E-state index is 0. The molecule has 0 atom stereocenters. The Kier molecular flexibility index (Phi) is 4.95. The number of hydrogen-bond donors (Lipinski definition) is 1. The molecule has 18 heavy (non-hydrogen) atoms. The van der Waals surface area contributed by atoms with Gasteiger partial charge in [0.1, 0.15) is 6.61 Å². The Balaban J connectivity index is 0.000000810. The summed E-state index contributed by atoms with van der Waals surface area (Å²) >= 11 is 0. The molecule has 0 saturated carbocycles. The highest BCUT2D eigenvalue weighted by atomic mass is 35.5. The maximum absolute atomic E-state index is 5.66. The van der Waals surface area contributed by atoms with Crippen LogP contribution in [0.5, 0.6) is 0 Å². The number of aromatic nitrogens is 3. The Bertz CT molecular complexity index is 512. The fourth-order valence-electron chi connectivity index (χ4n) is 1.84. The number of anilines is 1. The molecule has 0 aliphatic carbocycles. The summed E-state index contributed by atoms with van der Waals surface area (Å²) in [7, 11) is 0. The smallest absolute Gasteiger partial charge is 0.164 e. The molecule has 1 aliphatic rings. The molecular weight excluding hydrogens is 275 g/mol. The number of fused-ring (bicyclic) bond motifs is 1. The van der Waals surface area contributed by atoms with Gasteiger partial charge < -0.3 is 15.0 Å². The summed E-state index contributed by atoms with van der Waals surface area (Å²) in [5, 5.41) is 8.30. The van der Waals surface area contributed by atoms with Gasteiger partial charge in [-0.3, -0.25) is 0 Å². The van der Waals surface area contributed by atoms with Crippen LogP contribution in [0.3, 0.4) is 0 Å². The second kappa shape index (κ2) is 6.04. The van der Waals surface area contributed by atoms with Crippen LogP contribution in [0.15, 0.2) is 24.3 Å². The summed E-state index contributed by atoms with van der Waals surface area (Å²) in [5.74, 6) is 1.77. The lowest BCUT2D eigenvalue weighted by Crippen LogP contribution is -2.17. The number of benzene rings is 1. The molecule has 1 aromatic heterocycles. The van der Waals surface area contributed by atoms with E-state index in [0.29, 0.717) is 13.2 Å². The first-order valence-electron chi connectivity index (χ1n) is 5.20. The second-order valence-electron chi connectivity index (χ2n) is 3.77.